The Hall–Kier alpha value is -1.80. The van der Waals surface area contributed by atoms with Gasteiger partial charge in [-0.25, -0.2) is 0 Å². The predicted molar refractivity (Wildman–Crippen MR) is 51.1 cm³/mol. The zero-order valence-corrected chi connectivity index (χ0v) is 7.45. The van der Waals surface area contributed by atoms with Crippen LogP contribution < -0.4 is 11.6 Å². The molecule has 0 aliphatic carbocycles. The Morgan fingerprint density at radius 2 is 2.23 bits per heavy atom. The van der Waals surface area contributed by atoms with E-state index >= 15 is 0 Å². The zero-order valence-electron chi connectivity index (χ0n) is 6.64. The number of hydrogen-bond donors (Lipinski definition) is 2. The lowest BCUT2D eigenvalue weighted by Crippen LogP contribution is -2.15. The van der Waals surface area contributed by atoms with Gasteiger partial charge in [-0.1, -0.05) is 0 Å². The van der Waals surface area contributed by atoms with E-state index in [0.29, 0.717) is 11.1 Å². The molecule has 0 bridgehead atoms. The standard InChI is InChI=1S/C7H7N5.ClH/c8-2-5-1-6(4-11-3-5)7(9)12-10;/h1,3-4H,10H2,(H2,9,12);1H. The van der Waals surface area contributed by atoms with Crippen molar-refractivity contribution < 1.29 is 0 Å². The summed E-state index contributed by atoms with van der Waals surface area (Å²) in [6.07, 6.45) is 2.93. The molecule has 1 heterocycles. The van der Waals surface area contributed by atoms with Gasteiger partial charge in [0.2, 0.25) is 0 Å². The third-order valence-corrected chi connectivity index (χ3v) is 1.30. The normalized spacial score (nSPS) is 9.92. The number of amidine groups is 1. The first-order chi connectivity index (χ1) is 5.77. The molecule has 0 atom stereocenters. The maximum absolute atomic E-state index is 8.51. The maximum atomic E-state index is 8.51. The van der Waals surface area contributed by atoms with E-state index in [1.807, 2.05) is 6.07 Å². The van der Waals surface area contributed by atoms with Gasteiger partial charge in [-0.2, -0.15) is 10.4 Å². The van der Waals surface area contributed by atoms with Gasteiger partial charge in [-0.05, 0) is 6.07 Å². The number of rotatable bonds is 1. The molecule has 13 heavy (non-hydrogen) atoms. The third kappa shape index (κ3) is 2.61. The van der Waals surface area contributed by atoms with E-state index in [4.69, 9.17) is 16.8 Å². The fourth-order valence-electron chi connectivity index (χ4n) is 0.716. The van der Waals surface area contributed by atoms with Crippen LogP contribution in [-0.4, -0.2) is 10.8 Å². The number of nitrogens with two attached hydrogens (primary N) is 2. The molecule has 0 amide bonds. The average molecular weight is 198 g/mol. The highest BCUT2D eigenvalue weighted by Gasteiger charge is 1.99. The van der Waals surface area contributed by atoms with Crippen molar-refractivity contribution in [2.24, 2.45) is 16.7 Å². The van der Waals surface area contributed by atoms with Crippen molar-refractivity contribution >= 4 is 18.2 Å². The van der Waals surface area contributed by atoms with Crippen LogP contribution in [0.1, 0.15) is 11.1 Å². The van der Waals surface area contributed by atoms with E-state index in [1.165, 1.54) is 12.4 Å². The van der Waals surface area contributed by atoms with Crippen molar-refractivity contribution in [1.82, 2.24) is 4.98 Å². The molecular weight excluding hydrogens is 190 g/mol. The highest BCUT2D eigenvalue weighted by molar-refractivity contribution is 5.97. The molecule has 0 aromatic carbocycles. The van der Waals surface area contributed by atoms with Gasteiger partial charge in [0.25, 0.3) is 0 Å². The summed E-state index contributed by atoms with van der Waals surface area (Å²) in [7, 11) is 0. The first-order valence-electron chi connectivity index (χ1n) is 3.17. The Morgan fingerprint density at radius 1 is 1.54 bits per heavy atom. The van der Waals surface area contributed by atoms with Gasteiger partial charge in [0.1, 0.15) is 6.07 Å². The van der Waals surface area contributed by atoms with Crippen molar-refractivity contribution in [3.05, 3.63) is 29.6 Å². The minimum Gasteiger partial charge on any atom is -0.382 e. The summed E-state index contributed by atoms with van der Waals surface area (Å²) >= 11 is 0. The molecule has 1 aromatic rings. The van der Waals surface area contributed by atoms with Crippen LogP contribution in [0.25, 0.3) is 0 Å². The summed E-state index contributed by atoms with van der Waals surface area (Å²) in [4.78, 5) is 3.79. The van der Waals surface area contributed by atoms with Crippen molar-refractivity contribution in [3.63, 3.8) is 0 Å². The molecule has 0 unspecified atom stereocenters. The molecule has 0 spiro atoms. The van der Waals surface area contributed by atoms with Crippen molar-refractivity contribution in [2.75, 3.05) is 0 Å². The fourth-order valence-corrected chi connectivity index (χ4v) is 0.716. The number of hydrogen-bond acceptors (Lipinski definition) is 4. The molecule has 0 aliphatic rings. The topological polar surface area (TPSA) is 101 Å². The molecule has 5 nitrogen and oxygen atoms in total. The monoisotopic (exact) mass is 197 g/mol. The Morgan fingerprint density at radius 3 is 2.77 bits per heavy atom. The fraction of sp³-hybridized carbons (Fsp3) is 0. The molecular formula is C7H8ClN5. The third-order valence-electron chi connectivity index (χ3n) is 1.30. The molecule has 0 radical (unpaired) electrons. The van der Waals surface area contributed by atoms with Crippen LogP contribution >= 0.6 is 12.4 Å². The number of halogens is 1. The van der Waals surface area contributed by atoms with Gasteiger partial charge in [0.05, 0.1) is 5.56 Å². The molecule has 1 aromatic heterocycles. The summed E-state index contributed by atoms with van der Waals surface area (Å²) in [5, 5.41) is 11.8. The van der Waals surface area contributed by atoms with Crippen LogP contribution in [0.15, 0.2) is 23.6 Å². The first-order valence-corrected chi connectivity index (χ1v) is 3.17. The van der Waals surface area contributed by atoms with E-state index in [-0.39, 0.29) is 18.2 Å². The van der Waals surface area contributed by atoms with Gasteiger partial charge < -0.3 is 11.6 Å². The lowest BCUT2D eigenvalue weighted by atomic mass is 10.2. The van der Waals surface area contributed by atoms with Crippen LogP contribution in [0.4, 0.5) is 0 Å². The smallest absolute Gasteiger partial charge is 0.151 e. The van der Waals surface area contributed by atoms with E-state index in [2.05, 4.69) is 10.1 Å². The number of pyridine rings is 1. The van der Waals surface area contributed by atoms with Crippen LogP contribution in [0.5, 0.6) is 0 Å². The summed E-state index contributed by atoms with van der Waals surface area (Å²) in [5.74, 6) is 5.11. The van der Waals surface area contributed by atoms with E-state index < -0.39 is 0 Å². The van der Waals surface area contributed by atoms with Crippen LogP contribution in [0, 0.1) is 11.3 Å². The van der Waals surface area contributed by atoms with Gasteiger partial charge in [-0.15, -0.1) is 12.4 Å². The van der Waals surface area contributed by atoms with Crippen LogP contribution in [0.3, 0.4) is 0 Å². The molecule has 4 N–H and O–H groups in total. The Labute approximate surface area is 81.5 Å². The largest absolute Gasteiger partial charge is 0.382 e. The summed E-state index contributed by atoms with van der Waals surface area (Å²) < 4.78 is 0. The van der Waals surface area contributed by atoms with Crippen molar-refractivity contribution in [3.8, 4) is 6.07 Å². The van der Waals surface area contributed by atoms with Crippen molar-refractivity contribution in [1.29, 1.82) is 5.26 Å². The van der Waals surface area contributed by atoms with E-state index in [9.17, 15) is 0 Å². The number of hydrazone groups is 1. The van der Waals surface area contributed by atoms with Crippen LogP contribution in [0.2, 0.25) is 0 Å². The zero-order chi connectivity index (χ0) is 8.97. The Balaban J connectivity index is 0.00000144. The molecule has 0 aliphatic heterocycles. The highest BCUT2D eigenvalue weighted by atomic mass is 35.5. The first kappa shape index (κ1) is 11.2. The summed E-state index contributed by atoms with van der Waals surface area (Å²) in [5.41, 5.74) is 6.38. The molecule has 0 saturated heterocycles. The van der Waals surface area contributed by atoms with Crippen molar-refractivity contribution in [2.45, 2.75) is 0 Å². The minimum absolute atomic E-state index is 0. The van der Waals surface area contributed by atoms with E-state index in [1.54, 1.807) is 6.07 Å². The maximum Gasteiger partial charge on any atom is 0.151 e. The lowest BCUT2D eigenvalue weighted by molar-refractivity contribution is 1.21. The van der Waals surface area contributed by atoms with E-state index in [0.717, 1.165) is 0 Å². The van der Waals surface area contributed by atoms with Gasteiger partial charge in [0.15, 0.2) is 5.84 Å². The predicted octanol–water partition coefficient (Wildman–Crippen LogP) is -0.0459. The number of nitriles is 1. The molecule has 0 fully saturated rings. The molecule has 1 rings (SSSR count). The second-order valence-electron chi connectivity index (χ2n) is 2.09. The highest BCUT2D eigenvalue weighted by Crippen LogP contribution is 1.99. The molecule has 0 saturated carbocycles. The number of nitrogens with zero attached hydrogens (tertiary/aromatic N) is 3. The van der Waals surface area contributed by atoms with Crippen LogP contribution in [-0.2, 0) is 0 Å². The average Bonchev–Trinajstić information content (AvgIpc) is 2.17. The molecule has 6 heteroatoms. The lowest BCUT2D eigenvalue weighted by Gasteiger charge is -1.96. The second-order valence-corrected chi connectivity index (χ2v) is 2.09. The Bertz CT molecular complexity index is 354. The summed E-state index contributed by atoms with van der Waals surface area (Å²) in [6.45, 7) is 0. The SMILES string of the molecule is Cl.N#Cc1cncc(C(N)=NN)c1. The minimum atomic E-state index is 0. The van der Waals surface area contributed by atoms with Gasteiger partial charge in [0, 0.05) is 18.0 Å². The number of aromatic nitrogens is 1. The molecule has 68 valence electrons. The summed E-state index contributed by atoms with van der Waals surface area (Å²) in [6, 6.07) is 3.50. The van der Waals surface area contributed by atoms with Gasteiger partial charge >= 0.3 is 0 Å². The quantitative estimate of drug-likeness (QED) is 0.285. The Kier molecular flexibility index (Phi) is 4.27. The second kappa shape index (κ2) is 4.95. The van der Waals surface area contributed by atoms with Gasteiger partial charge in [-0.3, -0.25) is 4.98 Å².